The van der Waals surface area contributed by atoms with E-state index in [1.165, 1.54) is 65.2 Å². The van der Waals surface area contributed by atoms with E-state index in [9.17, 15) is 0 Å². The van der Waals surface area contributed by atoms with Crippen LogP contribution in [0.15, 0.2) is 133 Å². The van der Waals surface area contributed by atoms with Crippen molar-refractivity contribution in [2.24, 2.45) is 0 Å². The fraction of sp³-hybridized carbons (Fsp3) is 0.265. The molecular weight excluding hydrogens is 666 g/mol. The van der Waals surface area contributed by atoms with Gasteiger partial charge in [-0.25, -0.2) is 0 Å². The summed E-state index contributed by atoms with van der Waals surface area (Å²) in [5.41, 5.74) is 7.38. The molecule has 0 unspecified atom stereocenters. The lowest BCUT2D eigenvalue weighted by Gasteiger charge is -2.41. The smallest absolute Gasteiger partial charge is 0.139 e. The third-order valence-corrected chi connectivity index (χ3v) is 15.3. The normalized spacial score (nSPS) is 14.9. The van der Waals surface area contributed by atoms with E-state index in [1.807, 2.05) is 0 Å². The van der Waals surface area contributed by atoms with E-state index < -0.39 is 15.8 Å². The molecule has 0 bridgehead atoms. The molecule has 6 aromatic carbocycles. The van der Waals surface area contributed by atoms with Gasteiger partial charge in [0.2, 0.25) is 0 Å². The second kappa shape index (κ2) is 13.8. The van der Waals surface area contributed by atoms with Crippen molar-refractivity contribution < 1.29 is 4.74 Å². The largest absolute Gasteiger partial charge is 0.455 e. The first-order chi connectivity index (χ1) is 24.6. The highest BCUT2D eigenvalue weighted by Gasteiger charge is 2.41. The third kappa shape index (κ3) is 6.92. The van der Waals surface area contributed by atoms with Crippen molar-refractivity contribution in [1.29, 1.82) is 0 Å². The summed E-state index contributed by atoms with van der Waals surface area (Å²) < 4.78 is 7.65. The van der Waals surface area contributed by atoms with Crippen LogP contribution in [0.5, 0.6) is 11.5 Å². The highest BCUT2D eigenvalue weighted by Crippen LogP contribution is 2.54. The van der Waals surface area contributed by atoms with E-state index in [0.29, 0.717) is 0 Å². The van der Waals surface area contributed by atoms with E-state index in [1.54, 1.807) is 0 Å². The van der Waals surface area contributed by atoms with Crippen LogP contribution < -0.4 is 36.6 Å². The zero-order valence-corrected chi connectivity index (χ0v) is 34.3. The molecule has 0 saturated heterocycles. The molecule has 7 rings (SSSR count). The Labute approximate surface area is 315 Å². The lowest BCUT2D eigenvalue weighted by atomic mass is 9.72. The fourth-order valence-corrected chi connectivity index (χ4v) is 12.4. The Morgan fingerprint density at radius 1 is 0.442 bits per heavy atom. The molecule has 1 aliphatic heterocycles. The van der Waals surface area contributed by atoms with Gasteiger partial charge in [-0.05, 0) is 85.0 Å². The minimum atomic E-state index is -0.932. The van der Waals surface area contributed by atoms with E-state index >= 15 is 0 Å². The average molecular weight is 719 g/mol. The summed E-state index contributed by atoms with van der Waals surface area (Å²) in [7, 11) is -1.86. The van der Waals surface area contributed by atoms with Gasteiger partial charge in [0.25, 0.3) is 0 Å². The summed E-state index contributed by atoms with van der Waals surface area (Å²) in [6.07, 6.45) is 0. The number of ether oxygens (including phenoxy) is 1. The first-order valence-corrected chi connectivity index (χ1v) is 21.2. The van der Waals surface area contributed by atoms with Gasteiger partial charge in [0, 0.05) is 27.2 Å². The summed E-state index contributed by atoms with van der Waals surface area (Å²) in [5.74, 6) is 2.05. The number of rotatable bonds is 6. The molecule has 0 fully saturated rings. The van der Waals surface area contributed by atoms with Gasteiger partial charge in [-0.15, -0.1) is 0 Å². The molecule has 0 aliphatic carbocycles. The summed E-state index contributed by atoms with van der Waals surface area (Å²) in [6.45, 7) is 23.3. The number of fused-ring (bicyclic) bond motifs is 2. The zero-order chi connectivity index (χ0) is 37.0. The molecule has 2 atom stereocenters. The predicted molar refractivity (Wildman–Crippen MR) is 229 cm³/mol. The number of hydrogen-bond acceptors (Lipinski definition) is 1. The maximum absolute atomic E-state index is 7.65. The second-order valence-electron chi connectivity index (χ2n) is 17.0. The van der Waals surface area contributed by atoms with E-state index in [2.05, 4.69) is 203 Å². The first kappa shape index (κ1) is 36.3. The molecule has 0 spiro atoms. The maximum Gasteiger partial charge on any atom is 0.139 e. The van der Waals surface area contributed by atoms with Crippen molar-refractivity contribution in [3.63, 3.8) is 0 Å². The molecule has 1 aliphatic rings. The Balaban J connectivity index is 1.58. The Hall–Kier alpha value is -4.02. The first-order valence-electron chi connectivity index (χ1n) is 18.5. The fourth-order valence-electron chi connectivity index (χ4n) is 7.36. The van der Waals surface area contributed by atoms with Crippen LogP contribution >= 0.6 is 15.8 Å². The van der Waals surface area contributed by atoms with Gasteiger partial charge in [-0.1, -0.05) is 188 Å². The Morgan fingerprint density at radius 3 is 1.15 bits per heavy atom. The minimum absolute atomic E-state index is 0.0460. The van der Waals surface area contributed by atoms with E-state index in [-0.39, 0.29) is 16.2 Å². The summed E-state index contributed by atoms with van der Waals surface area (Å²) in [5, 5.41) is 7.93. The standard InChI is InChI=1S/C49H52OP2/c1-33-19-17-25-39(27-33)51(37-21-13-11-14-22-37)43-31-35(47(3,4)5)29-41-45(43)50-46-42(49(41,9)10)30-36(48(6,7)8)32-44(46)52(38-23-15-12-16-24-38)40-26-18-20-34(2)28-40/h11-32H,1-10H3/t51-,52-/m0/s1. The molecule has 0 amide bonds. The predicted octanol–water partition coefficient (Wildman–Crippen LogP) is 10.8. The van der Waals surface area contributed by atoms with Gasteiger partial charge in [-0.2, -0.15) is 0 Å². The molecular formula is C49H52OP2. The van der Waals surface area contributed by atoms with Crippen molar-refractivity contribution in [2.45, 2.75) is 85.5 Å². The van der Waals surface area contributed by atoms with Crippen molar-refractivity contribution in [3.8, 4) is 11.5 Å². The second-order valence-corrected chi connectivity index (χ2v) is 21.4. The minimum Gasteiger partial charge on any atom is -0.455 e. The Morgan fingerprint density at radius 2 is 0.808 bits per heavy atom. The summed E-state index contributed by atoms with van der Waals surface area (Å²) in [4.78, 5) is 0. The Bertz CT molecular complexity index is 2080. The van der Waals surface area contributed by atoms with Gasteiger partial charge < -0.3 is 4.74 Å². The van der Waals surface area contributed by atoms with Crippen LogP contribution in [0.2, 0.25) is 0 Å². The highest BCUT2D eigenvalue weighted by molar-refractivity contribution is 7.80. The maximum atomic E-state index is 7.65. The molecule has 0 radical (unpaired) electrons. The van der Waals surface area contributed by atoms with Crippen molar-refractivity contribution in [2.75, 3.05) is 0 Å². The van der Waals surface area contributed by atoms with Crippen LogP contribution in [0, 0.1) is 13.8 Å². The average Bonchev–Trinajstić information content (AvgIpc) is 3.09. The van der Waals surface area contributed by atoms with Gasteiger partial charge >= 0.3 is 0 Å². The Kier molecular flexibility index (Phi) is 9.61. The lowest BCUT2D eigenvalue weighted by Crippen LogP contribution is -2.35. The third-order valence-electron chi connectivity index (χ3n) is 10.5. The van der Waals surface area contributed by atoms with Gasteiger partial charge in [0.1, 0.15) is 11.5 Å². The van der Waals surface area contributed by atoms with Gasteiger partial charge in [0.15, 0.2) is 0 Å². The molecule has 1 nitrogen and oxygen atoms in total. The molecule has 52 heavy (non-hydrogen) atoms. The topological polar surface area (TPSA) is 9.23 Å². The van der Waals surface area contributed by atoms with Crippen LogP contribution in [-0.4, -0.2) is 0 Å². The van der Waals surface area contributed by atoms with E-state index in [0.717, 1.165) is 11.5 Å². The van der Waals surface area contributed by atoms with Gasteiger partial charge in [-0.3, -0.25) is 0 Å². The molecule has 0 aromatic heterocycles. The molecule has 6 aromatic rings. The van der Waals surface area contributed by atoms with Crippen LogP contribution in [-0.2, 0) is 16.2 Å². The summed E-state index contributed by atoms with van der Waals surface area (Å²) >= 11 is 0. The zero-order valence-electron chi connectivity index (χ0n) is 32.5. The number of benzene rings is 6. The van der Waals surface area contributed by atoms with Crippen LogP contribution in [0.1, 0.15) is 88.8 Å². The van der Waals surface area contributed by atoms with E-state index in [4.69, 9.17) is 4.74 Å². The van der Waals surface area contributed by atoms with Crippen LogP contribution in [0.4, 0.5) is 0 Å². The molecule has 1 heterocycles. The molecule has 0 N–H and O–H groups in total. The molecule has 264 valence electrons. The van der Waals surface area contributed by atoms with Crippen molar-refractivity contribution >= 4 is 47.7 Å². The summed E-state index contributed by atoms with van der Waals surface area (Å²) in [6, 6.07) is 50.3. The molecule has 0 saturated carbocycles. The molecule has 3 heteroatoms. The van der Waals surface area contributed by atoms with Crippen LogP contribution in [0.3, 0.4) is 0 Å². The number of hydrogen-bond donors (Lipinski definition) is 0. The highest BCUT2D eigenvalue weighted by atomic mass is 31.1. The van der Waals surface area contributed by atoms with Crippen molar-refractivity contribution in [3.05, 3.63) is 167 Å². The lowest BCUT2D eigenvalue weighted by molar-refractivity contribution is 0.422. The van der Waals surface area contributed by atoms with Crippen LogP contribution in [0.25, 0.3) is 0 Å². The van der Waals surface area contributed by atoms with Gasteiger partial charge in [0.05, 0.1) is 0 Å². The SMILES string of the molecule is Cc1cccc([P@](c2ccccc2)c2cc(C(C)(C)C)cc3c2Oc2c([P@@](c4ccccc4)c4cccc(C)c4)cc(C(C)(C)C)cc2C3(C)C)c1. The number of aryl methyl sites for hydroxylation is 2. The van der Waals surface area contributed by atoms with Crippen molar-refractivity contribution in [1.82, 2.24) is 0 Å². The monoisotopic (exact) mass is 718 g/mol. The quantitative estimate of drug-likeness (QED) is 0.156.